The monoisotopic (exact) mass is 497 g/mol. The van der Waals surface area contributed by atoms with Crippen LogP contribution in [0.1, 0.15) is 84.9 Å². The van der Waals surface area contributed by atoms with Crippen LogP contribution in [0.5, 0.6) is 5.75 Å². The zero-order chi connectivity index (χ0) is 26.4. The van der Waals surface area contributed by atoms with E-state index in [-0.39, 0.29) is 17.1 Å². The first-order valence-electron chi connectivity index (χ1n) is 12.5. The highest BCUT2D eigenvalue weighted by Crippen LogP contribution is 2.12. The van der Waals surface area contributed by atoms with Crippen LogP contribution in [0.4, 0.5) is 0 Å². The van der Waals surface area contributed by atoms with Crippen LogP contribution in [0, 0.1) is 0 Å². The van der Waals surface area contributed by atoms with E-state index in [1.807, 2.05) is 30.3 Å². The first-order valence-corrected chi connectivity index (χ1v) is 12.5. The zero-order valence-corrected chi connectivity index (χ0v) is 20.9. The average Bonchev–Trinajstić information content (AvgIpc) is 2.89. The molecule has 0 atom stereocenters. The van der Waals surface area contributed by atoms with Gasteiger partial charge in [-0.05, 0) is 31.0 Å². The zero-order valence-electron chi connectivity index (χ0n) is 20.9. The Bertz CT molecular complexity index is 876. The maximum Gasteiger partial charge on any atom is 0.336 e. The van der Waals surface area contributed by atoms with Gasteiger partial charge in [0.1, 0.15) is 5.75 Å². The SMILES string of the molecule is C=CC(=O)OCCCCCCCCCCCCOc1ccccc1.O=C([O-])c1ccccc1C(=O)O. The summed E-state index contributed by atoms with van der Waals surface area (Å²) in [5, 5.41) is 18.9. The number of aromatic carboxylic acids is 2. The lowest BCUT2D eigenvalue weighted by atomic mass is 10.1. The number of carboxylic acid groups (broad SMARTS) is 2. The molecule has 0 aliphatic heterocycles. The fourth-order valence-corrected chi connectivity index (χ4v) is 3.40. The van der Waals surface area contributed by atoms with E-state index in [1.165, 1.54) is 75.3 Å². The molecular formula is C29H37O7-. The lowest BCUT2D eigenvalue weighted by Gasteiger charge is -2.06. The second kappa shape index (κ2) is 19.7. The number of ether oxygens (including phenoxy) is 2. The first kappa shape index (κ1) is 30.4. The number of benzene rings is 2. The standard InChI is InChI=1S/C21H32O3.C8H6O4/c1-2-21(22)24-19-15-10-8-6-4-3-5-7-9-14-18-23-20-16-12-11-13-17-20;9-7(10)5-3-1-2-4-6(5)8(11)12/h2,11-13,16-17H,1,3-10,14-15,18-19H2;1-4H,(H,9,10)(H,11,12)/p-1. The topological polar surface area (TPSA) is 113 Å². The second-order valence-corrected chi connectivity index (χ2v) is 8.21. The maximum absolute atomic E-state index is 10.8. The Balaban J connectivity index is 0.000000450. The third-order valence-electron chi connectivity index (χ3n) is 5.34. The molecule has 2 aromatic rings. The molecule has 0 amide bonds. The smallest absolute Gasteiger partial charge is 0.336 e. The van der Waals surface area contributed by atoms with E-state index in [4.69, 9.17) is 14.6 Å². The minimum atomic E-state index is -1.48. The number of para-hydroxylation sites is 1. The summed E-state index contributed by atoms with van der Waals surface area (Å²) in [6.07, 6.45) is 13.5. The van der Waals surface area contributed by atoms with Gasteiger partial charge in [0.2, 0.25) is 0 Å². The molecule has 0 radical (unpaired) electrons. The number of carbonyl (C=O) groups is 3. The third-order valence-corrected chi connectivity index (χ3v) is 5.34. The fraction of sp³-hybridized carbons (Fsp3) is 0.414. The van der Waals surface area contributed by atoms with Crippen LogP contribution in [-0.4, -0.2) is 36.2 Å². The summed E-state index contributed by atoms with van der Waals surface area (Å²) in [5.41, 5.74) is -0.553. The quantitative estimate of drug-likeness (QED) is 0.176. The number of carbonyl (C=O) groups excluding carboxylic acids is 2. The van der Waals surface area contributed by atoms with Crippen molar-refractivity contribution in [2.24, 2.45) is 0 Å². The van der Waals surface area contributed by atoms with Crippen LogP contribution in [0.2, 0.25) is 0 Å². The molecule has 0 aliphatic carbocycles. The Hall–Kier alpha value is -3.61. The lowest BCUT2D eigenvalue weighted by molar-refractivity contribution is -0.255. The second-order valence-electron chi connectivity index (χ2n) is 8.21. The normalized spacial score (nSPS) is 10.0. The summed E-state index contributed by atoms with van der Waals surface area (Å²) in [6, 6.07) is 15.3. The van der Waals surface area contributed by atoms with Crippen LogP contribution in [-0.2, 0) is 9.53 Å². The largest absolute Gasteiger partial charge is 0.545 e. The molecule has 1 N–H and O–H groups in total. The van der Waals surface area contributed by atoms with Gasteiger partial charge in [-0.1, -0.05) is 94.3 Å². The number of hydrogen-bond acceptors (Lipinski definition) is 6. The molecule has 0 bridgehead atoms. The van der Waals surface area contributed by atoms with Gasteiger partial charge in [-0.3, -0.25) is 0 Å². The van der Waals surface area contributed by atoms with Crippen molar-refractivity contribution in [1.82, 2.24) is 0 Å². The van der Waals surface area contributed by atoms with E-state index in [2.05, 4.69) is 6.58 Å². The predicted octanol–water partition coefficient (Wildman–Crippen LogP) is 5.44. The summed E-state index contributed by atoms with van der Waals surface area (Å²) < 4.78 is 10.6. The van der Waals surface area contributed by atoms with Crippen LogP contribution in [0.3, 0.4) is 0 Å². The van der Waals surface area contributed by atoms with Crippen molar-refractivity contribution in [3.05, 3.63) is 78.4 Å². The number of unbranched alkanes of at least 4 members (excludes halogenated alkanes) is 9. The van der Waals surface area contributed by atoms with Crippen LogP contribution in [0.25, 0.3) is 0 Å². The number of esters is 1. The summed E-state index contributed by atoms with van der Waals surface area (Å²) in [7, 11) is 0. The van der Waals surface area contributed by atoms with Gasteiger partial charge in [0.05, 0.1) is 24.7 Å². The van der Waals surface area contributed by atoms with Crippen LogP contribution in [0.15, 0.2) is 67.3 Å². The summed E-state index contributed by atoms with van der Waals surface area (Å²) in [5.74, 6) is -2.09. The molecule has 0 heterocycles. The molecule has 0 saturated carbocycles. The predicted molar refractivity (Wildman–Crippen MR) is 137 cm³/mol. The Morgan fingerprint density at radius 1 is 0.722 bits per heavy atom. The molecule has 7 nitrogen and oxygen atoms in total. The van der Waals surface area contributed by atoms with Gasteiger partial charge < -0.3 is 24.5 Å². The van der Waals surface area contributed by atoms with Gasteiger partial charge in [-0.25, -0.2) is 9.59 Å². The third kappa shape index (κ3) is 14.6. The molecule has 2 rings (SSSR count). The highest BCUT2D eigenvalue weighted by Gasteiger charge is 2.08. The van der Waals surface area contributed by atoms with Crippen molar-refractivity contribution in [3.63, 3.8) is 0 Å². The van der Waals surface area contributed by atoms with Gasteiger partial charge >= 0.3 is 11.9 Å². The average molecular weight is 498 g/mol. The fourth-order valence-electron chi connectivity index (χ4n) is 3.40. The molecular weight excluding hydrogens is 460 g/mol. The van der Waals surface area contributed by atoms with Gasteiger partial charge in [-0.2, -0.15) is 0 Å². The lowest BCUT2D eigenvalue weighted by Crippen LogP contribution is -2.24. The molecule has 7 heteroatoms. The van der Waals surface area contributed by atoms with Crippen LogP contribution >= 0.6 is 0 Å². The van der Waals surface area contributed by atoms with Crippen molar-refractivity contribution >= 4 is 17.9 Å². The van der Waals surface area contributed by atoms with Crippen molar-refractivity contribution in [2.75, 3.05) is 13.2 Å². The van der Waals surface area contributed by atoms with Gasteiger partial charge in [0.15, 0.2) is 0 Å². The van der Waals surface area contributed by atoms with Gasteiger partial charge in [0, 0.05) is 11.6 Å². The van der Waals surface area contributed by atoms with E-state index in [0.29, 0.717) is 6.61 Å². The number of carboxylic acids is 2. The minimum absolute atomic E-state index is 0.252. The van der Waals surface area contributed by atoms with Gasteiger partial charge in [-0.15, -0.1) is 0 Å². The Morgan fingerprint density at radius 3 is 1.67 bits per heavy atom. The number of rotatable bonds is 17. The van der Waals surface area contributed by atoms with Gasteiger partial charge in [0.25, 0.3) is 0 Å². The van der Waals surface area contributed by atoms with Crippen molar-refractivity contribution < 1.29 is 34.1 Å². The van der Waals surface area contributed by atoms with E-state index < -0.39 is 11.9 Å². The highest BCUT2D eigenvalue weighted by atomic mass is 16.5. The highest BCUT2D eigenvalue weighted by molar-refractivity contribution is 6.00. The van der Waals surface area contributed by atoms with E-state index in [0.717, 1.165) is 31.6 Å². The molecule has 0 unspecified atom stereocenters. The molecule has 0 fully saturated rings. The van der Waals surface area contributed by atoms with E-state index in [9.17, 15) is 19.5 Å². The maximum atomic E-state index is 10.8. The first-order chi connectivity index (χ1) is 17.5. The molecule has 0 aromatic heterocycles. The molecule has 0 aliphatic rings. The Morgan fingerprint density at radius 2 is 1.19 bits per heavy atom. The summed E-state index contributed by atoms with van der Waals surface area (Å²) in [6.45, 7) is 4.72. The minimum Gasteiger partial charge on any atom is -0.545 e. The van der Waals surface area contributed by atoms with Crippen molar-refractivity contribution in [2.45, 2.75) is 64.2 Å². The van der Waals surface area contributed by atoms with Crippen LogP contribution < -0.4 is 9.84 Å². The Kier molecular flexibility index (Phi) is 16.6. The molecule has 196 valence electrons. The van der Waals surface area contributed by atoms with E-state index >= 15 is 0 Å². The van der Waals surface area contributed by atoms with E-state index in [1.54, 1.807) is 0 Å². The molecule has 0 saturated heterocycles. The molecule has 2 aromatic carbocycles. The molecule has 36 heavy (non-hydrogen) atoms. The Labute approximate surface area is 213 Å². The van der Waals surface area contributed by atoms with Crippen molar-refractivity contribution in [3.8, 4) is 5.75 Å². The summed E-state index contributed by atoms with van der Waals surface area (Å²) >= 11 is 0. The summed E-state index contributed by atoms with van der Waals surface area (Å²) in [4.78, 5) is 31.6. The number of hydrogen-bond donors (Lipinski definition) is 1. The molecule has 0 spiro atoms. The van der Waals surface area contributed by atoms with Crippen molar-refractivity contribution in [1.29, 1.82) is 0 Å².